The first-order valence-corrected chi connectivity index (χ1v) is 9.00. The highest BCUT2D eigenvalue weighted by Crippen LogP contribution is 2.37. The molecule has 20 heavy (non-hydrogen) atoms. The summed E-state index contributed by atoms with van der Waals surface area (Å²) in [6.07, 6.45) is 17.8. The molecular formula is C18H32O2. The zero-order valence-corrected chi connectivity index (χ0v) is 13.0. The van der Waals surface area contributed by atoms with Crippen LogP contribution >= 0.6 is 0 Å². The lowest BCUT2D eigenvalue weighted by molar-refractivity contribution is -0.142. The summed E-state index contributed by atoms with van der Waals surface area (Å²) in [5, 5.41) is 9.46. The van der Waals surface area contributed by atoms with Crippen LogP contribution in [0.4, 0.5) is 0 Å². The van der Waals surface area contributed by atoms with Crippen LogP contribution < -0.4 is 0 Å². The number of hydrogen-bond donors (Lipinski definition) is 1. The molecule has 2 aliphatic carbocycles. The first kappa shape index (κ1) is 15.9. The van der Waals surface area contributed by atoms with Crippen molar-refractivity contribution >= 4 is 5.97 Å². The summed E-state index contributed by atoms with van der Waals surface area (Å²) >= 11 is 0. The number of rotatable bonds is 2. The van der Waals surface area contributed by atoms with Crippen molar-refractivity contribution in [1.29, 1.82) is 0 Å². The van der Waals surface area contributed by atoms with Gasteiger partial charge in [-0.3, -0.25) is 4.79 Å². The van der Waals surface area contributed by atoms with Crippen molar-refractivity contribution in [3.63, 3.8) is 0 Å². The molecule has 116 valence electrons. The molecule has 2 saturated carbocycles. The van der Waals surface area contributed by atoms with Crippen molar-refractivity contribution in [2.45, 2.75) is 89.9 Å². The van der Waals surface area contributed by atoms with Crippen LogP contribution in [0.1, 0.15) is 89.9 Å². The van der Waals surface area contributed by atoms with Gasteiger partial charge < -0.3 is 5.11 Å². The molecule has 1 N–H and O–H groups in total. The van der Waals surface area contributed by atoms with E-state index < -0.39 is 5.97 Å². The third kappa shape index (κ3) is 5.10. The van der Waals surface area contributed by atoms with Crippen LogP contribution in [-0.4, -0.2) is 11.1 Å². The van der Waals surface area contributed by atoms with Gasteiger partial charge in [-0.05, 0) is 24.7 Å². The summed E-state index contributed by atoms with van der Waals surface area (Å²) in [6.45, 7) is 0. The molecule has 0 amide bonds. The Bertz CT molecular complexity index is 279. The first-order valence-electron chi connectivity index (χ1n) is 9.00. The largest absolute Gasteiger partial charge is 0.481 e. The third-order valence-electron chi connectivity index (χ3n) is 5.63. The maximum absolute atomic E-state index is 11.5. The molecule has 0 bridgehead atoms. The smallest absolute Gasteiger partial charge is 0.306 e. The minimum atomic E-state index is -0.539. The van der Waals surface area contributed by atoms with Gasteiger partial charge in [0.15, 0.2) is 0 Å². The highest BCUT2D eigenvalue weighted by atomic mass is 16.4. The number of carbonyl (C=O) groups is 1. The molecule has 0 unspecified atom stereocenters. The monoisotopic (exact) mass is 280 g/mol. The highest BCUT2D eigenvalue weighted by molar-refractivity contribution is 5.69. The number of carboxylic acid groups (broad SMARTS) is 1. The van der Waals surface area contributed by atoms with Crippen molar-refractivity contribution in [2.24, 2.45) is 17.8 Å². The maximum Gasteiger partial charge on any atom is 0.306 e. The van der Waals surface area contributed by atoms with E-state index in [-0.39, 0.29) is 5.92 Å². The highest BCUT2D eigenvalue weighted by Gasteiger charge is 2.28. The van der Waals surface area contributed by atoms with Gasteiger partial charge in [-0.25, -0.2) is 0 Å². The Balaban J connectivity index is 1.97. The lowest BCUT2D eigenvalue weighted by atomic mass is 9.75. The van der Waals surface area contributed by atoms with Gasteiger partial charge in [0.05, 0.1) is 5.92 Å². The maximum atomic E-state index is 11.5. The van der Waals surface area contributed by atoms with Crippen molar-refractivity contribution in [3.8, 4) is 0 Å². The van der Waals surface area contributed by atoms with Gasteiger partial charge in [0.25, 0.3) is 0 Å². The quantitative estimate of drug-likeness (QED) is 0.734. The van der Waals surface area contributed by atoms with E-state index >= 15 is 0 Å². The van der Waals surface area contributed by atoms with Crippen molar-refractivity contribution in [1.82, 2.24) is 0 Å². The summed E-state index contributed by atoms with van der Waals surface area (Å²) in [7, 11) is 0. The van der Waals surface area contributed by atoms with Crippen molar-refractivity contribution < 1.29 is 9.90 Å². The van der Waals surface area contributed by atoms with Gasteiger partial charge in [0.2, 0.25) is 0 Å². The molecule has 0 aromatic rings. The van der Waals surface area contributed by atoms with Gasteiger partial charge in [-0.2, -0.15) is 0 Å². The van der Waals surface area contributed by atoms with E-state index in [0.717, 1.165) is 25.2 Å². The fraction of sp³-hybridized carbons (Fsp3) is 0.944. The lowest BCUT2D eigenvalue weighted by Crippen LogP contribution is -2.23. The summed E-state index contributed by atoms with van der Waals surface area (Å²) in [4.78, 5) is 11.5. The normalized spacial score (nSPS) is 31.4. The van der Waals surface area contributed by atoms with Gasteiger partial charge in [0.1, 0.15) is 0 Å². The molecule has 0 saturated heterocycles. The van der Waals surface area contributed by atoms with Crippen LogP contribution in [0, 0.1) is 17.8 Å². The molecular weight excluding hydrogens is 248 g/mol. The van der Waals surface area contributed by atoms with Crippen LogP contribution in [-0.2, 0) is 4.79 Å². The summed E-state index contributed by atoms with van der Waals surface area (Å²) in [6, 6.07) is 0. The number of hydrogen-bond acceptors (Lipinski definition) is 1. The second-order valence-corrected chi connectivity index (χ2v) is 7.13. The fourth-order valence-electron chi connectivity index (χ4n) is 4.36. The Labute approximate surface area is 124 Å². The Morgan fingerprint density at radius 3 is 1.65 bits per heavy atom. The van der Waals surface area contributed by atoms with Crippen LogP contribution in [0.5, 0.6) is 0 Å². The van der Waals surface area contributed by atoms with Crippen LogP contribution in [0.15, 0.2) is 0 Å². The fourth-order valence-corrected chi connectivity index (χ4v) is 4.36. The standard InChI is InChI=1S/C18H32O2/c19-18(20)17-13-9-5-4-8-12-16(14-17)15-10-6-2-1-3-7-11-15/h15-17H,1-14H2,(H,19,20)/t16-,17+/m1/s1. The van der Waals surface area contributed by atoms with E-state index in [2.05, 4.69) is 0 Å². The zero-order valence-electron chi connectivity index (χ0n) is 13.0. The Morgan fingerprint density at radius 2 is 1.10 bits per heavy atom. The molecule has 2 rings (SSSR count). The molecule has 2 fully saturated rings. The topological polar surface area (TPSA) is 37.3 Å². The predicted molar refractivity (Wildman–Crippen MR) is 82.7 cm³/mol. The number of aliphatic carboxylic acids is 1. The summed E-state index contributed by atoms with van der Waals surface area (Å²) in [5.74, 6) is 0.897. The lowest BCUT2D eigenvalue weighted by Gasteiger charge is -2.30. The number of carboxylic acids is 1. The average Bonchev–Trinajstić information content (AvgIpc) is 2.50. The van der Waals surface area contributed by atoms with E-state index in [1.54, 1.807) is 0 Å². The second kappa shape index (κ2) is 8.69. The van der Waals surface area contributed by atoms with Crippen LogP contribution in [0.3, 0.4) is 0 Å². The average molecular weight is 280 g/mol. The molecule has 0 aromatic heterocycles. The van der Waals surface area contributed by atoms with Gasteiger partial charge in [0, 0.05) is 0 Å². The molecule has 2 nitrogen and oxygen atoms in total. The Hall–Kier alpha value is -0.530. The molecule has 2 heteroatoms. The molecule has 0 spiro atoms. The molecule has 0 aromatic carbocycles. The minimum Gasteiger partial charge on any atom is -0.481 e. The second-order valence-electron chi connectivity index (χ2n) is 7.13. The third-order valence-corrected chi connectivity index (χ3v) is 5.63. The van der Waals surface area contributed by atoms with Gasteiger partial charge >= 0.3 is 5.97 Å². The SMILES string of the molecule is O=C(O)[C@H]1CCCCCC[C@@H](C2CCCCCCC2)C1. The summed E-state index contributed by atoms with van der Waals surface area (Å²) in [5.41, 5.74) is 0. The minimum absolute atomic E-state index is 0.0662. The van der Waals surface area contributed by atoms with Gasteiger partial charge in [-0.15, -0.1) is 0 Å². The summed E-state index contributed by atoms with van der Waals surface area (Å²) < 4.78 is 0. The Kier molecular flexibility index (Phi) is 6.89. The van der Waals surface area contributed by atoms with E-state index in [1.165, 1.54) is 70.6 Å². The van der Waals surface area contributed by atoms with Crippen molar-refractivity contribution in [3.05, 3.63) is 0 Å². The van der Waals surface area contributed by atoms with E-state index in [9.17, 15) is 9.90 Å². The molecule has 0 radical (unpaired) electrons. The molecule has 0 heterocycles. The van der Waals surface area contributed by atoms with Crippen LogP contribution in [0.25, 0.3) is 0 Å². The first-order chi connectivity index (χ1) is 9.77. The molecule has 2 aliphatic rings. The van der Waals surface area contributed by atoms with Crippen molar-refractivity contribution in [2.75, 3.05) is 0 Å². The van der Waals surface area contributed by atoms with E-state index in [0.29, 0.717) is 5.92 Å². The predicted octanol–water partition coefficient (Wildman–Crippen LogP) is 5.41. The van der Waals surface area contributed by atoms with E-state index in [1.807, 2.05) is 0 Å². The molecule has 2 atom stereocenters. The Morgan fingerprint density at radius 1 is 0.650 bits per heavy atom. The van der Waals surface area contributed by atoms with Gasteiger partial charge in [-0.1, -0.05) is 77.0 Å². The van der Waals surface area contributed by atoms with E-state index in [4.69, 9.17) is 0 Å². The van der Waals surface area contributed by atoms with Crippen LogP contribution in [0.2, 0.25) is 0 Å². The zero-order chi connectivity index (χ0) is 14.2. The molecule has 0 aliphatic heterocycles.